The summed E-state index contributed by atoms with van der Waals surface area (Å²) in [7, 11) is 0. The van der Waals surface area contributed by atoms with Crippen LogP contribution in [0.15, 0.2) is 22.7 Å². The molecule has 0 heterocycles. The number of hydrogen-bond acceptors (Lipinski definition) is 4. The Morgan fingerprint density at radius 2 is 2.22 bits per heavy atom. The van der Waals surface area contributed by atoms with Crippen LogP contribution in [0.3, 0.4) is 0 Å². The smallest absolute Gasteiger partial charge is 0.270 e. The van der Waals surface area contributed by atoms with Gasteiger partial charge in [0.05, 0.1) is 11.3 Å². The second-order valence-corrected chi connectivity index (χ2v) is 4.56. The van der Waals surface area contributed by atoms with Gasteiger partial charge in [0.15, 0.2) is 0 Å². The van der Waals surface area contributed by atoms with Crippen LogP contribution >= 0.6 is 15.9 Å². The average molecular weight is 316 g/mol. The van der Waals surface area contributed by atoms with E-state index in [1.165, 1.54) is 12.1 Å². The number of rotatable bonds is 6. The molecule has 1 amide bonds. The minimum absolute atomic E-state index is 0.00540. The largest absolute Gasteiger partial charge is 0.356 e. The summed E-state index contributed by atoms with van der Waals surface area (Å²) in [5.41, 5.74) is 6.02. The third kappa shape index (κ3) is 4.42. The van der Waals surface area contributed by atoms with E-state index < -0.39 is 4.92 Å². The minimum Gasteiger partial charge on any atom is -0.356 e. The maximum Gasteiger partial charge on any atom is 0.270 e. The molecule has 0 spiro atoms. The molecule has 1 aromatic rings. The van der Waals surface area contributed by atoms with Crippen molar-refractivity contribution in [2.45, 2.75) is 12.8 Å². The van der Waals surface area contributed by atoms with Crippen molar-refractivity contribution >= 4 is 27.5 Å². The summed E-state index contributed by atoms with van der Waals surface area (Å²) in [6.45, 7) is 1.07. The molecule has 3 N–H and O–H groups in total. The summed E-state index contributed by atoms with van der Waals surface area (Å²) >= 11 is 3.22. The lowest BCUT2D eigenvalue weighted by molar-refractivity contribution is -0.384. The van der Waals surface area contributed by atoms with Gasteiger partial charge in [0.2, 0.25) is 5.91 Å². The molecule has 0 saturated carbocycles. The third-order valence-electron chi connectivity index (χ3n) is 2.30. The zero-order valence-electron chi connectivity index (χ0n) is 9.69. The molecule has 0 radical (unpaired) electrons. The number of hydrogen-bond donors (Lipinski definition) is 2. The highest BCUT2D eigenvalue weighted by molar-refractivity contribution is 9.10. The van der Waals surface area contributed by atoms with Gasteiger partial charge in [-0.1, -0.05) is 22.0 Å². The number of nitrogens with two attached hydrogens (primary N) is 1. The van der Waals surface area contributed by atoms with E-state index in [0.29, 0.717) is 23.1 Å². The summed E-state index contributed by atoms with van der Waals surface area (Å²) in [6.07, 6.45) is 0.913. The molecule has 0 aliphatic heterocycles. The monoisotopic (exact) mass is 315 g/mol. The molecule has 18 heavy (non-hydrogen) atoms. The Hall–Kier alpha value is -1.47. The van der Waals surface area contributed by atoms with Crippen molar-refractivity contribution in [1.82, 2.24) is 5.32 Å². The van der Waals surface area contributed by atoms with E-state index in [0.717, 1.165) is 6.42 Å². The highest BCUT2D eigenvalue weighted by Gasteiger charge is 2.11. The SMILES string of the molecule is NCCCNC(=O)Cc1ccc([N+](=O)[O-])cc1Br. The van der Waals surface area contributed by atoms with Crippen molar-refractivity contribution in [1.29, 1.82) is 0 Å². The first-order valence-electron chi connectivity index (χ1n) is 5.44. The lowest BCUT2D eigenvalue weighted by Crippen LogP contribution is -2.27. The number of carbonyl (C=O) groups is 1. The first kappa shape index (κ1) is 14.6. The molecule has 0 bridgehead atoms. The van der Waals surface area contributed by atoms with E-state index >= 15 is 0 Å². The zero-order chi connectivity index (χ0) is 13.5. The van der Waals surface area contributed by atoms with Crippen LogP contribution in [0.5, 0.6) is 0 Å². The van der Waals surface area contributed by atoms with Crippen LogP contribution in [0.4, 0.5) is 5.69 Å². The van der Waals surface area contributed by atoms with E-state index in [4.69, 9.17) is 5.73 Å². The van der Waals surface area contributed by atoms with Gasteiger partial charge in [-0.25, -0.2) is 0 Å². The number of amides is 1. The first-order chi connectivity index (χ1) is 8.54. The number of nitro groups is 1. The van der Waals surface area contributed by atoms with Crippen molar-refractivity contribution < 1.29 is 9.72 Å². The number of benzene rings is 1. The molecule has 0 unspecified atom stereocenters. The van der Waals surface area contributed by atoms with E-state index in [-0.39, 0.29) is 18.0 Å². The fourth-order valence-electron chi connectivity index (χ4n) is 1.36. The molecule has 0 atom stereocenters. The predicted octanol–water partition coefficient (Wildman–Crippen LogP) is 1.36. The van der Waals surface area contributed by atoms with Gasteiger partial charge in [-0.15, -0.1) is 0 Å². The highest BCUT2D eigenvalue weighted by Crippen LogP contribution is 2.23. The van der Waals surface area contributed by atoms with Gasteiger partial charge < -0.3 is 11.1 Å². The maximum absolute atomic E-state index is 11.6. The molecule has 0 aromatic heterocycles. The van der Waals surface area contributed by atoms with Crippen molar-refractivity contribution in [3.63, 3.8) is 0 Å². The Bertz CT molecular complexity index is 451. The Labute approximate surface area is 113 Å². The molecule has 0 saturated heterocycles. The molecule has 98 valence electrons. The Balaban J connectivity index is 2.62. The van der Waals surface area contributed by atoms with Crippen LogP contribution in [0.25, 0.3) is 0 Å². The first-order valence-corrected chi connectivity index (χ1v) is 6.23. The Morgan fingerprint density at radius 1 is 1.50 bits per heavy atom. The fourth-order valence-corrected chi connectivity index (χ4v) is 1.87. The van der Waals surface area contributed by atoms with Crippen LogP contribution < -0.4 is 11.1 Å². The van der Waals surface area contributed by atoms with Crippen LogP contribution in [0, 0.1) is 10.1 Å². The molecule has 0 fully saturated rings. The minimum atomic E-state index is -0.476. The summed E-state index contributed by atoms with van der Waals surface area (Å²) in [5.74, 6) is -0.127. The van der Waals surface area contributed by atoms with E-state index in [1.807, 2.05) is 0 Å². The number of non-ortho nitro benzene ring substituents is 1. The average Bonchev–Trinajstić information content (AvgIpc) is 2.32. The lowest BCUT2D eigenvalue weighted by atomic mass is 10.1. The van der Waals surface area contributed by atoms with Crippen LogP contribution in [-0.2, 0) is 11.2 Å². The second kappa shape index (κ2) is 7.07. The van der Waals surface area contributed by atoms with Gasteiger partial charge in [0, 0.05) is 23.2 Å². The van der Waals surface area contributed by atoms with Gasteiger partial charge in [-0.05, 0) is 18.5 Å². The standard InChI is InChI=1S/C11H14BrN3O3/c12-10-7-9(15(17)18)3-2-8(10)6-11(16)14-5-1-4-13/h2-3,7H,1,4-6,13H2,(H,14,16). The molecule has 0 aliphatic carbocycles. The van der Waals surface area contributed by atoms with Crippen LogP contribution in [0.2, 0.25) is 0 Å². The summed E-state index contributed by atoms with van der Waals surface area (Å²) < 4.78 is 0.561. The molecular formula is C11H14BrN3O3. The van der Waals surface area contributed by atoms with Gasteiger partial charge in [0.25, 0.3) is 5.69 Å². The van der Waals surface area contributed by atoms with Crippen LogP contribution in [0.1, 0.15) is 12.0 Å². The normalized spacial score (nSPS) is 10.1. The third-order valence-corrected chi connectivity index (χ3v) is 3.04. The summed E-state index contributed by atoms with van der Waals surface area (Å²) in [5, 5.41) is 13.3. The van der Waals surface area contributed by atoms with Crippen molar-refractivity contribution in [2.75, 3.05) is 13.1 Å². The van der Waals surface area contributed by atoms with Crippen LogP contribution in [-0.4, -0.2) is 23.9 Å². The highest BCUT2D eigenvalue weighted by atomic mass is 79.9. The van der Waals surface area contributed by atoms with E-state index in [9.17, 15) is 14.9 Å². The van der Waals surface area contributed by atoms with Crippen molar-refractivity contribution in [3.05, 3.63) is 38.3 Å². The quantitative estimate of drug-likeness (QED) is 0.470. The molecular weight excluding hydrogens is 302 g/mol. The van der Waals surface area contributed by atoms with Gasteiger partial charge in [-0.3, -0.25) is 14.9 Å². The summed E-state index contributed by atoms with van der Waals surface area (Å²) in [6, 6.07) is 4.35. The number of carbonyl (C=O) groups excluding carboxylic acids is 1. The van der Waals surface area contributed by atoms with Crippen molar-refractivity contribution in [2.24, 2.45) is 5.73 Å². The number of nitrogens with one attached hydrogen (secondary N) is 1. The lowest BCUT2D eigenvalue weighted by Gasteiger charge is -2.06. The van der Waals surface area contributed by atoms with E-state index in [1.54, 1.807) is 6.07 Å². The molecule has 1 aromatic carbocycles. The fraction of sp³-hybridized carbons (Fsp3) is 0.364. The molecule has 0 aliphatic rings. The number of nitro benzene ring substituents is 1. The van der Waals surface area contributed by atoms with Gasteiger partial charge >= 0.3 is 0 Å². The van der Waals surface area contributed by atoms with E-state index in [2.05, 4.69) is 21.2 Å². The molecule has 6 nitrogen and oxygen atoms in total. The molecule has 7 heteroatoms. The second-order valence-electron chi connectivity index (χ2n) is 3.70. The Kier molecular flexibility index (Phi) is 5.73. The van der Waals surface area contributed by atoms with Crippen molar-refractivity contribution in [3.8, 4) is 0 Å². The number of halogens is 1. The van der Waals surface area contributed by atoms with Gasteiger partial charge in [0.1, 0.15) is 0 Å². The van der Waals surface area contributed by atoms with Gasteiger partial charge in [-0.2, -0.15) is 0 Å². The summed E-state index contributed by atoms with van der Waals surface area (Å²) in [4.78, 5) is 21.6. The molecule has 1 rings (SSSR count). The zero-order valence-corrected chi connectivity index (χ0v) is 11.3. The number of nitrogens with zero attached hydrogens (tertiary/aromatic N) is 1. The maximum atomic E-state index is 11.6. The topological polar surface area (TPSA) is 98.3 Å². The Morgan fingerprint density at radius 3 is 2.78 bits per heavy atom. The predicted molar refractivity (Wildman–Crippen MR) is 71.2 cm³/mol.